The number of nitrogens with zero attached hydrogens (tertiary/aromatic N) is 3. The van der Waals surface area contributed by atoms with E-state index in [1.54, 1.807) is 0 Å². The van der Waals surface area contributed by atoms with Gasteiger partial charge in [0, 0.05) is 38.2 Å². The number of hydrogen-bond acceptors (Lipinski definition) is 4. The lowest BCUT2D eigenvalue weighted by molar-refractivity contribution is 0.0953. The van der Waals surface area contributed by atoms with Gasteiger partial charge in [0.25, 0.3) is 5.91 Å². The molecule has 0 radical (unpaired) electrons. The van der Waals surface area contributed by atoms with E-state index in [1.807, 2.05) is 0 Å². The minimum atomic E-state index is -0.220. The molecule has 7 heteroatoms. The molecule has 7 nitrogen and oxygen atoms in total. The minimum absolute atomic E-state index is 0.202. The second kappa shape index (κ2) is 6.55. The molecule has 0 aliphatic carbocycles. The van der Waals surface area contributed by atoms with Crippen molar-refractivity contribution in [3.8, 4) is 0 Å². The highest BCUT2D eigenvalue weighted by Gasteiger charge is 2.14. The lowest BCUT2D eigenvalue weighted by Gasteiger charge is -2.08. The molecule has 116 valence electrons. The van der Waals surface area contributed by atoms with Crippen LogP contribution in [0.5, 0.6) is 0 Å². The Balaban J connectivity index is 1.57. The van der Waals surface area contributed by atoms with Crippen LogP contribution in [0, 0.1) is 0 Å². The van der Waals surface area contributed by atoms with Crippen LogP contribution in [0.1, 0.15) is 41.3 Å². The summed E-state index contributed by atoms with van der Waals surface area (Å²) in [7, 11) is 0. The molecule has 2 N–H and O–H groups in total. The van der Waals surface area contributed by atoms with Gasteiger partial charge in [0.15, 0.2) is 0 Å². The highest BCUT2D eigenvalue weighted by atomic mass is 16.1. The molecule has 0 fully saturated rings. The Bertz CT molecular complexity index is 698. The van der Waals surface area contributed by atoms with Crippen molar-refractivity contribution in [3.63, 3.8) is 0 Å². The summed E-state index contributed by atoms with van der Waals surface area (Å²) in [6.07, 6.45) is 6.61. The van der Waals surface area contributed by atoms with Crippen LogP contribution in [0.25, 0.3) is 0 Å². The Morgan fingerprint density at radius 3 is 3.00 bits per heavy atom. The predicted molar refractivity (Wildman–Crippen MR) is 80.7 cm³/mol. The lowest BCUT2D eigenvalue weighted by Crippen LogP contribution is -2.27. The standard InChI is InChI=1S/C15H19N5O2/c21-14-6-5-11(10-17-14)15(22)16-8-7-13-19-18-12-4-2-1-3-9-20(12)13/h5-6,10H,1-4,7-9H2,(H,16,22)(H,17,21). The van der Waals surface area contributed by atoms with E-state index < -0.39 is 0 Å². The van der Waals surface area contributed by atoms with E-state index in [4.69, 9.17) is 0 Å². The smallest absolute Gasteiger partial charge is 0.252 e. The fourth-order valence-corrected chi connectivity index (χ4v) is 2.67. The van der Waals surface area contributed by atoms with Gasteiger partial charge in [-0.05, 0) is 18.9 Å². The summed E-state index contributed by atoms with van der Waals surface area (Å²) in [6.45, 7) is 1.46. The van der Waals surface area contributed by atoms with Crippen LogP contribution >= 0.6 is 0 Å². The van der Waals surface area contributed by atoms with Gasteiger partial charge < -0.3 is 14.9 Å². The molecule has 0 unspecified atom stereocenters. The topological polar surface area (TPSA) is 92.7 Å². The second-order valence-electron chi connectivity index (χ2n) is 5.44. The van der Waals surface area contributed by atoms with Gasteiger partial charge in [0.2, 0.25) is 5.56 Å². The number of aromatic amines is 1. The van der Waals surface area contributed by atoms with Crippen molar-refractivity contribution in [2.75, 3.05) is 6.54 Å². The Morgan fingerprint density at radius 1 is 1.27 bits per heavy atom. The summed E-state index contributed by atoms with van der Waals surface area (Å²) in [6, 6.07) is 2.85. The number of pyridine rings is 1. The van der Waals surface area contributed by atoms with Crippen molar-refractivity contribution in [3.05, 3.63) is 45.9 Å². The molecule has 2 aromatic rings. The Labute approximate surface area is 127 Å². The highest BCUT2D eigenvalue weighted by Crippen LogP contribution is 2.14. The monoisotopic (exact) mass is 301 g/mol. The highest BCUT2D eigenvalue weighted by molar-refractivity contribution is 5.93. The first kappa shape index (κ1) is 14.5. The Morgan fingerprint density at radius 2 is 2.18 bits per heavy atom. The molecule has 0 aromatic carbocycles. The summed E-state index contributed by atoms with van der Waals surface area (Å²) in [5.74, 6) is 1.78. The number of rotatable bonds is 4. The normalized spacial score (nSPS) is 14.2. The first-order valence-corrected chi connectivity index (χ1v) is 7.62. The molecule has 0 spiro atoms. The molecule has 0 saturated carbocycles. The molecule has 22 heavy (non-hydrogen) atoms. The number of aromatic nitrogens is 4. The summed E-state index contributed by atoms with van der Waals surface area (Å²) in [5.41, 5.74) is 0.224. The molecular weight excluding hydrogens is 282 g/mol. The molecule has 3 rings (SSSR count). The van der Waals surface area contributed by atoms with Gasteiger partial charge in [-0.25, -0.2) is 0 Å². The molecule has 1 aliphatic heterocycles. The first-order valence-electron chi connectivity index (χ1n) is 7.62. The van der Waals surface area contributed by atoms with Gasteiger partial charge in [-0.2, -0.15) is 0 Å². The van der Waals surface area contributed by atoms with Crippen LogP contribution in [-0.2, 0) is 19.4 Å². The molecule has 0 saturated heterocycles. The number of amides is 1. The third-order valence-electron chi connectivity index (χ3n) is 3.87. The van der Waals surface area contributed by atoms with E-state index in [0.717, 1.165) is 31.0 Å². The lowest BCUT2D eigenvalue weighted by atomic mass is 10.2. The van der Waals surface area contributed by atoms with Gasteiger partial charge in [0.1, 0.15) is 11.6 Å². The summed E-state index contributed by atoms with van der Waals surface area (Å²) >= 11 is 0. The number of fused-ring (bicyclic) bond motifs is 1. The quantitative estimate of drug-likeness (QED) is 0.868. The zero-order chi connectivity index (χ0) is 15.4. The van der Waals surface area contributed by atoms with Gasteiger partial charge in [-0.15, -0.1) is 10.2 Å². The van der Waals surface area contributed by atoms with Crippen LogP contribution < -0.4 is 10.9 Å². The molecule has 0 atom stereocenters. The molecule has 3 heterocycles. The average Bonchev–Trinajstić information content (AvgIpc) is 2.76. The van der Waals surface area contributed by atoms with E-state index in [9.17, 15) is 9.59 Å². The maximum Gasteiger partial charge on any atom is 0.252 e. The molecule has 1 amide bonds. The Kier molecular flexibility index (Phi) is 4.32. The molecular formula is C15H19N5O2. The number of nitrogens with one attached hydrogen (secondary N) is 2. The Hall–Kier alpha value is -2.44. The van der Waals surface area contributed by atoms with E-state index in [2.05, 4.69) is 25.1 Å². The van der Waals surface area contributed by atoms with Crippen molar-refractivity contribution in [1.29, 1.82) is 0 Å². The predicted octanol–water partition coefficient (Wildman–Crippen LogP) is 0.665. The maximum atomic E-state index is 12.0. The summed E-state index contributed by atoms with van der Waals surface area (Å²) in [4.78, 5) is 25.4. The van der Waals surface area contributed by atoms with Crippen LogP contribution in [0.15, 0.2) is 23.1 Å². The zero-order valence-electron chi connectivity index (χ0n) is 12.3. The van der Waals surface area contributed by atoms with E-state index in [1.165, 1.54) is 31.2 Å². The third kappa shape index (κ3) is 3.24. The summed E-state index contributed by atoms with van der Waals surface area (Å²) in [5, 5.41) is 11.3. The van der Waals surface area contributed by atoms with Crippen LogP contribution in [0.4, 0.5) is 0 Å². The second-order valence-corrected chi connectivity index (χ2v) is 5.44. The average molecular weight is 301 g/mol. The maximum absolute atomic E-state index is 12.0. The van der Waals surface area contributed by atoms with E-state index >= 15 is 0 Å². The number of carbonyl (C=O) groups is 1. The molecule has 0 bridgehead atoms. The number of hydrogen-bond donors (Lipinski definition) is 2. The minimum Gasteiger partial charge on any atom is -0.352 e. The fraction of sp³-hybridized carbons (Fsp3) is 0.467. The van der Waals surface area contributed by atoms with E-state index in [0.29, 0.717) is 18.5 Å². The molecule has 1 aliphatic rings. The summed E-state index contributed by atoms with van der Waals surface area (Å²) < 4.78 is 2.18. The number of carbonyl (C=O) groups excluding carboxylic acids is 1. The first-order chi connectivity index (χ1) is 10.7. The third-order valence-corrected chi connectivity index (χ3v) is 3.87. The van der Waals surface area contributed by atoms with Crippen molar-refractivity contribution in [2.45, 2.75) is 38.6 Å². The van der Waals surface area contributed by atoms with Crippen LogP contribution in [-0.4, -0.2) is 32.2 Å². The van der Waals surface area contributed by atoms with Crippen molar-refractivity contribution < 1.29 is 4.79 Å². The van der Waals surface area contributed by atoms with Crippen molar-refractivity contribution in [2.24, 2.45) is 0 Å². The zero-order valence-corrected chi connectivity index (χ0v) is 12.3. The number of H-pyrrole nitrogens is 1. The van der Waals surface area contributed by atoms with Gasteiger partial charge in [-0.3, -0.25) is 9.59 Å². The largest absolute Gasteiger partial charge is 0.352 e. The van der Waals surface area contributed by atoms with Gasteiger partial charge >= 0.3 is 0 Å². The van der Waals surface area contributed by atoms with Crippen LogP contribution in [0.3, 0.4) is 0 Å². The fourth-order valence-electron chi connectivity index (χ4n) is 2.67. The van der Waals surface area contributed by atoms with Crippen molar-refractivity contribution in [1.82, 2.24) is 25.1 Å². The van der Waals surface area contributed by atoms with Crippen LogP contribution in [0.2, 0.25) is 0 Å². The van der Waals surface area contributed by atoms with E-state index in [-0.39, 0.29) is 11.5 Å². The van der Waals surface area contributed by atoms with Gasteiger partial charge in [-0.1, -0.05) is 6.42 Å². The van der Waals surface area contributed by atoms with Crippen molar-refractivity contribution >= 4 is 5.91 Å². The molecule has 2 aromatic heterocycles. The number of aryl methyl sites for hydroxylation is 1. The SMILES string of the molecule is O=C(NCCc1nnc2n1CCCCC2)c1ccc(=O)[nH]c1. The van der Waals surface area contributed by atoms with Gasteiger partial charge in [0.05, 0.1) is 5.56 Å².